The number of carbonyl (C=O) groups is 1. The Morgan fingerprint density at radius 1 is 1.35 bits per heavy atom. The van der Waals surface area contributed by atoms with E-state index in [1.54, 1.807) is 4.90 Å². The van der Waals surface area contributed by atoms with E-state index < -0.39 is 14.6 Å². The molecular weight excluding hydrogens is 262 g/mol. The van der Waals surface area contributed by atoms with Crippen molar-refractivity contribution in [2.75, 3.05) is 18.7 Å². The van der Waals surface area contributed by atoms with Crippen LogP contribution in [0.1, 0.15) is 34.1 Å². The van der Waals surface area contributed by atoms with Crippen LogP contribution in [0.25, 0.3) is 0 Å². The zero-order valence-corrected chi connectivity index (χ0v) is 12.7. The van der Waals surface area contributed by atoms with Crippen LogP contribution in [0.3, 0.4) is 0 Å². The molecule has 0 fully saturated rings. The number of carbonyl (C=O) groups excluding carboxylic acids is 1. The molecule has 0 aromatic rings. The van der Waals surface area contributed by atoms with Gasteiger partial charge in [0.25, 0.3) is 0 Å². The molecule has 0 aromatic heterocycles. The van der Waals surface area contributed by atoms with Crippen LogP contribution < -0.4 is 0 Å². The second-order valence-electron chi connectivity index (χ2n) is 4.92. The van der Waals surface area contributed by atoms with E-state index in [9.17, 15) is 13.2 Å². The van der Waals surface area contributed by atoms with Crippen LogP contribution in [0.5, 0.6) is 0 Å². The first-order valence-corrected chi connectivity index (χ1v) is 8.05. The summed E-state index contributed by atoms with van der Waals surface area (Å²) in [5, 5.41) is 0. The molecule has 0 aromatic carbocycles. The van der Waals surface area contributed by atoms with Crippen molar-refractivity contribution in [1.82, 2.24) is 4.90 Å². The Kier molecular flexibility index (Phi) is 5.94. The lowest BCUT2D eigenvalue weighted by Crippen LogP contribution is -2.52. The molecule has 0 atom stereocenters. The van der Waals surface area contributed by atoms with Crippen molar-refractivity contribution in [1.29, 1.82) is 0 Å². The van der Waals surface area contributed by atoms with Gasteiger partial charge in [0.15, 0.2) is 9.84 Å². The van der Waals surface area contributed by atoms with Gasteiger partial charge in [-0.2, -0.15) is 0 Å². The van der Waals surface area contributed by atoms with Crippen LogP contribution in [-0.4, -0.2) is 48.7 Å². The Balaban J connectivity index is 5.09. The Bertz CT molecular complexity index is 363. The number of rotatable bonds is 6. The van der Waals surface area contributed by atoms with Crippen LogP contribution in [0.4, 0.5) is 0 Å². The third-order valence-corrected chi connectivity index (χ3v) is 5.15. The zero-order valence-electron chi connectivity index (χ0n) is 11.2. The van der Waals surface area contributed by atoms with Crippen molar-refractivity contribution in [3.8, 4) is 0 Å². The smallest absolute Gasteiger partial charge is 0.243 e. The fraction of sp³-hybridized carbons (Fsp3) is 0.909. The van der Waals surface area contributed by atoms with Crippen LogP contribution in [0, 0.1) is 0 Å². The highest BCUT2D eigenvalue weighted by Crippen LogP contribution is 2.20. The maximum atomic E-state index is 12.3. The molecule has 0 N–H and O–H groups in total. The third kappa shape index (κ3) is 4.14. The summed E-state index contributed by atoms with van der Waals surface area (Å²) in [4.78, 5) is 13.8. The first-order chi connectivity index (χ1) is 7.55. The first kappa shape index (κ1) is 16.7. The Hall–Kier alpha value is -0.290. The fourth-order valence-electron chi connectivity index (χ4n) is 1.33. The molecule has 102 valence electrons. The molecule has 4 nitrogen and oxygen atoms in total. The minimum Gasteiger partial charge on any atom is -0.339 e. The topological polar surface area (TPSA) is 54.5 Å². The SMILES string of the molecule is CC(C)N(CCCCl)C(=O)C(C)(C)S(C)(=O)=O. The monoisotopic (exact) mass is 283 g/mol. The molecule has 0 aliphatic heterocycles. The number of hydrogen-bond donors (Lipinski definition) is 0. The molecule has 0 aliphatic rings. The van der Waals surface area contributed by atoms with Gasteiger partial charge in [-0.3, -0.25) is 4.79 Å². The van der Waals surface area contributed by atoms with Crippen LogP contribution in [-0.2, 0) is 14.6 Å². The van der Waals surface area contributed by atoms with Gasteiger partial charge >= 0.3 is 0 Å². The predicted octanol–water partition coefficient (Wildman–Crippen LogP) is 1.68. The van der Waals surface area contributed by atoms with E-state index >= 15 is 0 Å². The lowest BCUT2D eigenvalue weighted by atomic mass is 10.1. The second-order valence-corrected chi connectivity index (χ2v) is 7.86. The maximum Gasteiger partial charge on any atom is 0.243 e. The van der Waals surface area contributed by atoms with Crippen molar-refractivity contribution in [3.05, 3.63) is 0 Å². The zero-order chi connectivity index (χ0) is 13.9. The minimum absolute atomic E-state index is 0.0354. The lowest BCUT2D eigenvalue weighted by Gasteiger charge is -2.33. The molecule has 17 heavy (non-hydrogen) atoms. The van der Waals surface area contributed by atoms with E-state index in [1.807, 2.05) is 13.8 Å². The molecule has 0 rings (SSSR count). The first-order valence-electron chi connectivity index (χ1n) is 5.62. The van der Waals surface area contributed by atoms with Crippen molar-refractivity contribution < 1.29 is 13.2 Å². The summed E-state index contributed by atoms with van der Waals surface area (Å²) >= 11 is 5.60. The fourth-order valence-corrected chi connectivity index (χ4v) is 1.88. The highest BCUT2D eigenvalue weighted by molar-refractivity contribution is 7.92. The Morgan fingerprint density at radius 3 is 2.12 bits per heavy atom. The van der Waals surface area contributed by atoms with E-state index in [0.717, 1.165) is 6.26 Å². The van der Waals surface area contributed by atoms with Crippen molar-refractivity contribution in [2.45, 2.75) is 44.9 Å². The van der Waals surface area contributed by atoms with Gasteiger partial charge in [0.05, 0.1) is 0 Å². The molecule has 0 saturated heterocycles. The average Bonchev–Trinajstić information content (AvgIpc) is 2.15. The molecule has 0 saturated carbocycles. The number of hydrogen-bond acceptors (Lipinski definition) is 3. The maximum absolute atomic E-state index is 12.3. The highest BCUT2D eigenvalue weighted by atomic mass is 35.5. The third-order valence-electron chi connectivity index (χ3n) is 2.86. The summed E-state index contributed by atoms with van der Waals surface area (Å²) in [6, 6.07) is -0.0354. The Labute approximate surface area is 109 Å². The van der Waals surface area contributed by atoms with E-state index in [2.05, 4.69) is 0 Å². The molecule has 0 heterocycles. The van der Waals surface area contributed by atoms with Gasteiger partial charge in [0, 0.05) is 24.7 Å². The number of nitrogens with zero attached hydrogens (tertiary/aromatic N) is 1. The number of halogens is 1. The highest BCUT2D eigenvalue weighted by Gasteiger charge is 2.41. The van der Waals surface area contributed by atoms with E-state index in [0.29, 0.717) is 18.8 Å². The van der Waals surface area contributed by atoms with Gasteiger partial charge in [-0.25, -0.2) is 8.42 Å². The number of sulfone groups is 1. The van der Waals surface area contributed by atoms with Gasteiger partial charge in [-0.15, -0.1) is 11.6 Å². The summed E-state index contributed by atoms with van der Waals surface area (Å²) in [5.74, 6) is 0.0932. The van der Waals surface area contributed by atoms with Crippen LogP contribution in [0.2, 0.25) is 0 Å². The van der Waals surface area contributed by atoms with E-state index in [1.165, 1.54) is 13.8 Å². The molecule has 6 heteroatoms. The predicted molar refractivity (Wildman–Crippen MR) is 71.1 cm³/mol. The average molecular weight is 284 g/mol. The molecular formula is C11H22ClNO3S. The van der Waals surface area contributed by atoms with E-state index in [4.69, 9.17) is 11.6 Å². The summed E-state index contributed by atoms with van der Waals surface area (Å²) in [6.45, 7) is 7.11. The van der Waals surface area contributed by atoms with Crippen LogP contribution >= 0.6 is 11.6 Å². The summed E-state index contributed by atoms with van der Waals surface area (Å²) in [6.07, 6.45) is 1.75. The van der Waals surface area contributed by atoms with Gasteiger partial charge in [-0.05, 0) is 34.1 Å². The van der Waals surface area contributed by atoms with Crippen LogP contribution in [0.15, 0.2) is 0 Å². The normalized spacial score (nSPS) is 12.9. The Morgan fingerprint density at radius 2 is 1.82 bits per heavy atom. The minimum atomic E-state index is -3.43. The van der Waals surface area contributed by atoms with Gasteiger partial charge in [0.1, 0.15) is 4.75 Å². The van der Waals surface area contributed by atoms with Gasteiger partial charge in [0.2, 0.25) is 5.91 Å². The number of amides is 1. The molecule has 0 aliphatic carbocycles. The summed E-state index contributed by atoms with van der Waals surface area (Å²) in [7, 11) is -3.43. The molecule has 0 spiro atoms. The molecule has 0 radical (unpaired) electrons. The summed E-state index contributed by atoms with van der Waals surface area (Å²) < 4.78 is 21.9. The van der Waals surface area contributed by atoms with Gasteiger partial charge < -0.3 is 4.90 Å². The quantitative estimate of drug-likeness (QED) is 0.697. The summed E-state index contributed by atoms with van der Waals surface area (Å²) in [5.41, 5.74) is 0. The molecule has 0 bridgehead atoms. The second kappa shape index (κ2) is 6.05. The molecule has 1 amide bonds. The largest absolute Gasteiger partial charge is 0.339 e. The van der Waals surface area contributed by atoms with E-state index in [-0.39, 0.29) is 11.9 Å². The number of alkyl halides is 1. The van der Waals surface area contributed by atoms with Crippen molar-refractivity contribution >= 4 is 27.3 Å². The molecule has 0 unspecified atom stereocenters. The van der Waals surface area contributed by atoms with Gasteiger partial charge in [-0.1, -0.05) is 0 Å². The standard InChI is InChI=1S/C11H22ClNO3S/c1-9(2)13(8-6-7-12)10(14)11(3,4)17(5,15)16/h9H,6-8H2,1-5H3. The lowest BCUT2D eigenvalue weighted by molar-refractivity contribution is -0.134. The van der Waals surface area contributed by atoms with Crippen molar-refractivity contribution in [2.24, 2.45) is 0 Å². The van der Waals surface area contributed by atoms with Crippen molar-refractivity contribution in [3.63, 3.8) is 0 Å².